The summed E-state index contributed by atoms with van der Waals surface area (Å²) in [6, 6.07) is 13.7. The van der Waals surface area contributed by atoms with Gasteiger partial charge in [0.05, 0.1) is 0 Å². The molecule has 2 aromatic carbocycles. The van der Waals surface area contributed by atoms with Crippen LogP contribution in [0.2, 0.25) is 0 Å². The summed E-state index contributed by atoms with van der Waals surface area (Å²) in [5.41, 5.74) is 0.718. The number of carbonyl (C=O) groups excluding carboxylic acids is 2. The molecule has 0 saturated carbocycles. The lowest BCUT2D eigenvalue weighted by Gasteiger charge is -2.22. The highest BCUT2D eigenvalue weighted by Gasteiger charge is 2.24. The average molecular weight is 296 g/mol. The largest absolute Gasteiger partial charge is 0.341 e. The predicted molar refractivity (Wildman–Crippen MR) is 86.7 cm³/mol. The lowest BCUT2D eigenvalue weighted by Crippen LogP contribution is -2.35. The molecule has 0 aliphatic carbocycles. The zero-order valence-electron chi connectivity index (χ0n) is 12.8. The second kappa shape index (κ2) is 6.18. The topological polar surface area (TPSA) is 40.6 Å². The van der Waals surface area contributed by atoms with Crippen molar-refractivity contribution in [2.75, 3.05) is 26.2 Å². The molecule has 1 fully saturated rings. The van der Waals surface area contributed by atoms with Crippen LogP contribution in [-0.2, 0) is 4.79 Å². The maximum atomic E-state index is 12.9. The van der Waals surface area contributed by atoms with Crippen molar-refractivity contribution < 1.29 is 9.59 Å². The summed E-state index contributed by atoms with van der Waals surface area (Å²) < 4.78 is 0. The van der Waals surface area contributed by atoms with Gasteiger partial charge in [0.25, 0.3) is 5.91 Å². The van der Waals surface area contributed by atoms with Gasteiger partial charge in [-0.2, -0.15) is 0 Å². The first-order chi connectivity index (χ1) is 10.7. The van der Waals surface area contributed by atoms with E-state index < -0.39 is 0 Å². The monoisotopic (exact) mass is 296 g/mol. The maximum Gasteiger partial charge on any atom is 0.254 e. The molecular formula is C18H20N2O2. The summed E-state index contributed by atoms with van der Waals surface area (Å²) in [6.07, 6.45) is 0.407. The molecule has 1 aliphatic heterocycles. The highest BCUT2D eigenvalue weighted by Crippen LogP contribution is 2.20. The fourth-order valence-corrected chi connectivity index (χ4v) is 2.99. The molecule has 3 rings (SSSR count). The molecular weight excluding hydrogens is 276 g/mol. The molecule has 0 bridgehead atoms. The van der Waals surface area contributed by atoms with Crippen molar-refractivity contribution in [2.24, 2.45) is 0 Å². The third-order valence-corrected chi connectivity index (χ3v) is 4.28. The Balaban J connectivity index is 1.88. The van der Waals surface area contributed by atoms with E-state index in [4.69, 9.17) is 0 Å². The smallest absolute Gasteiger partial charge is 0.254 e. The molecule has 0 radical (unpaired) electrons. The van der Waals surface area contributed by atoms with Crippen LogP contribution in [0.1, 0.15) is 23.7 Å². The first kappa shape index (κ1) is 14.6. The van der Waals surface area contributed by atoms with E-state index in [2.05, 4.69) is 0 Å². The van der Waals surface area contributed by atoms with E-state index in [9.17, 15) is 9.59 Å². The van der Waals surface area contributed by atoms with Crippen LogP contribution < -0.4 is 0 Å². The molecule has 0 aromatic heterocycles. The van der Waals surface area contributed by atoms with Crippen LogP contribution in [0.5, 0.6) is 0 Å². The Morgan fingerprint density at radius 2 is 1.82 bits per heavy atom. The van der Waals surface area contributed by atoms with Gasteiger partial charge in [-0.15, -0.1) is 0 Å². The summed E-state index contributed by atoms with van der Waals surface area (Å²) in [7, 11) is 0. The van der Waals surface area contributed by atoms with Crippen LogP contribution in [0.3, 0.4) is 0 Å². The minimum absolute atomic E-state index is 0.0163. The lowest BCUT2D eigenvalue weighted by atomic mass is 10.0. The van der Waals surface area contributed by atoms with Crippen LogP contribution in [0.25, 0.3) is 10.8 Å². The highest BCUT2D eigenvalue weighted by atomic mass is 16.2. The number of hydrogen-bond acceptors (Lipinski definition) is 2. The van der Waals surface area contributed by atoms with Gasteiger partial charge in [-0.1, -0.05) is 36.4 Å². The molecule has 2 aromatic rings. The Hall–Kier alpha value is -2.36. The van der Waals surface area contributed by atoms with E-state index in [1.54, 1.807) is 4.90 Å². The normalized spacial score (nSPS) is 16.0. The number of fused-ring (bicyclic) bond motifs is 1. The molecule has 0 spiro atoms. The van der Waals surface area contributed by atoms with Gasteiger partial charge in [0.1, 0.15) is 0 Å². The quantitative estimate of drug-likeness (QED) is 0.854. The van der Waals surface area contributed by atoms with E-state index in [1.165, 1.54) is 0 Å². The third kappa shape index (κ3) is 2.69. The van der Waals surface area contributed by atoms with Crippen molar-refractivity contribution in [1.29, 1.82) is 0 Å². The lowest BCUT2D eigenvalue weighted by molar-refractivity contribution is -0.130. The van der Waals surface area contributed by atoms with E-state index in [0.717, 1.165) is 16.3 Å². The molecule has 1 saturated heterocycles. The minimum atomic E-state index is 0.0163. The third-order valence-electron chi connectivity index (χ3n) is 4.28. The zero-order chi connectivity index (χ0) is 15.5. The van der Waals surface area contributed by atoms with Gasteiger partial charge in [0, 0.05) is 38.2 Å². The van der Waals surface area contributed by atoms with Crippen molar-refractivity contribution in [3.05, 3.63) is 48.0 Å². The van der Waals surface area contributed by atoms with E-state index in [1.807, 2.05) is 54.3 Å². The van der Waals surface area contributed by atoms with Gasteiger partial charge in [0.2, 0.25) is 5.91 Å². The zero-order valence-corrected chi connectivity index (χ0v) is 12.8. The number of nitrogens with zero attached hydrogens (tertiary/aromatic N) is 2. The summed E-state index contributed by atoms with van der Waals surface area (Å²) >= 11 is 0. The molecule has 0 unspecified atom stereocenters. The minimum Gasteiger partial charge on any atom is -0.341 e. The summed E-state index contributed by atoms with van der Waals surface area (Å²) in [5, 5.41) is 2.03. The Morgan fingerprint density at radius 3 is 2.64 bits per heavy atom. The Kier molecular flexibility index (Phi) is 4.09. The molecule has 4 heteroatoms. The van der Waals surface area contributed by atoms with Crippen molar-refractivity contribution in [1.82, 2.24) is 9.80 Å². The van der Waals surface area contributed by atoms with Crippen molar-refractivity contribution in [3.8, 4) is 0 Å². The van der Waals surface area contributed by atoms with Gasteiger partial charge in [0.15, 0.2) is 0 Å². The number of likely N-dealkylation sites (N-methyl/N-ethyl adjacent to an activating group) is 1. The fraction of sp³-hybridized carbons (Fsp3) is 0.333. The van der Waals surface area contributed by atoms with Gasteiger partial charge in [-0.25, -0.2) is 0 Å². The van der Waals surface area contributed by atoms with Crippen LogP contribution in [-0.4, -0.2) is 47.8 Å². The second-order valence-corrected chi connectivity index (χ2v) is 5.54. The molecule has 1 heterocycles. The molecule has 0 atom stereocenters. The predicted octanol–water partition coefficient (Wildman–Crippen LogP) is 2.53. The number of amides is 2. The fourth-order valence-electron chi connectivity index (χ4n) is 2.99. The molecule has 22 heavy (non-hydrogen) atoms. The van der Waals surface area contributed by atoms with Gasteiger partial charge >= 0.3 is 0 Å². The first-order valence-corrected chi connectivity index (χ1v) is 7.75. The number of hydrogen-bond donors (Lipinski definition) is 0. The standard InChI is InChI=1S/C18H20N2O2/c1-2-19-12-13-20(11-10-17(19)21)18(22)16-9-5-7-14-6-3-4-8-15(14)16/h3-9H,2,10-13H2,1H3. The summed E-state index contributed by atoms with van der Waals surface area (Å²) in [5.74, 6) is 0.151. The molecule has 114 valence electrons. The first-order valence-electron chi connectivity index (χ1n) is 7.75. The Morgan fingerprint density at radius 1 is 1.05 bits per heavy atom. The van der Waals surface area contributed by atoms with Crippen molar-refractivity contribution in [2.45, 2.75) is 13.3 Å². The summed E-state index contributed by atoms with van der Waals surface area (Å²) in [6.45, 7) is 4.39. The maximum absolute atomic E-state index is 12.9. The van der Waals surface area contributed by atoms with E-state index >= 15 is 0 Å². The number of benzene rings is 2. The van der Waals surface area contributed by atoms with E-state index in [0.29, 0.717) is 32.6 Å². The van der Waals surface area contributed by atoms with Gasteiger partial charge < -0.3 is 9.80 Å². The van der Waals surface area contributed by atoms with Crippen LogP contribution >= 0.6 is 0 Å². The van der Waals surface area contributed by atoms with Gasteiger partial charge in [-0.05, 0) is 23.8 Å². The molecule has 1 aliphatic rings. The molecule has 2 amide bonds. The Labute approximate surface area is 130 Å². The van der Waals surface area contributed by atoms with Crippen molar-refractivity contribution in [3.63, 3.8) is 0 Å². The number of rotatable bonds is 2. The SMILES string of the molecule is CCN1CCN(C(=O)c2cccc3ccccc23)CCC1=O. The molecule has 0 N–H and O–H groups in total. The van der Waals surface area contributed by atoms with E-state index in [-0.39, 0.29) is 11.8 Å². The average Bonchev–Trinajstić information content (AvgIpc) is 2.75. The highest BCUT2D eigenvalue weighted by molar-refractivity contribution is 6.07. The van der Waals surface area contributed by atoms with Gasteiger partial charge in [-0.3, -0.25) is 9.59 Å². The summed E-state index contributed by atoms with van der Waals surface area (Å²) in [4.78, 5) is 28.4. The van der Waals surface area contributed by atoms with Crippen LogP contribution in [0, 0.1) is 0 Å². The molecule has 4 nitrogen and oxygen atoms in total. The Bertz CT molecular complexity index is 706. The van der Waals surface area contributed by atoms with Crippen LogP contribution in [0.4, 0.5) is 0 Å². The number of carbonyl (C=O) groups is 2. The van der Waals surface area contributed by atoms with Crippen LogP contribution in [0.15, 0.2) is 42.5 Å². The second-order valence-electron chi connectivity index (χ2n) is 5.54. The van der Waals surface area contributed by atoms with Crippen molar-refractivity contribution >= 4 is 22.6 Å².